The molecule has 1 aromatic carbocycles. The molecule has 0 heterocycles. The lowest BCUT2D eigenvalue weighted by Crippen LogP contribution is -2.01. The van der Waals surface area contributed by atoms with E-state index in [-0.39, 0.29) is 0 Å². The van der Waals surface area contributed by atoms with E-state index < -0.39 is 3.79 Å². The Morgan fingerprint density at radius 2 is 1.73 bits per heavy atom. The molecule has 15 heavy (non-hydrogen) atoms. The van der Waals surface area contributed by atoms with Gasteiger partial charge in [-0.3, -0.25) is 0 Å². The summed E-state index contributed by atoms with van der Waals surface area (Å²) in [6.07, 6.45) is 3.11. The number of para-hydroxylation sites is 1. The number of hydrogen-bond donors (Lipinski definition) is 1. The second-order valence-electron chi connectivity index (χ2n) is 3.45. The highest BCUT2D eigenvalue weighted by Gasteiger charge is 2.18. The third kappa shape index (κ3) is 5.50. The van der Waals surface area contributed by atoms with Crippen molar-refractivity contribution in [3.8, 4) is 5.75 Å². The van der Waals surface area contributed by atoms with Crippen molar-refractivity contribution < 1.29 is 5.11 Å². The molecule has 0 radical (unpaired) electrons. The predicted molar refractivity (Wildman–Crippen MR) is 66.0 cm³/mol. The first-order valence-electron chi connectivity index (χ1n) is 4.83. The molecular weight excluding hydrogens is 254 g/mol. The molecule has 1 nitrogen and oxygen atoms in total. The highest BCUT2D eigenvalue weighted by Crippen LogP contribution is 2.32. The summed E-state index contributed by atoms with van der Waals surface area (Å²) in [7, 11) is 0. The summed E-state index contributed by atoms with van der Waals surface area (Å²) in [6.45, 7) is 0. The van der Waals surface area contributed by atoms with E-state index in [4.69, 9.17) is 34.8 Å². The minimum Gasteiger partial charge on any atom is -0.508 e. The molecule has 0 aromatic heterocycles. The van der Waals surface area contributed by atoms with Crippen molar-refractivity contribution in [2.75, 3.05) is 0 Å². The Balaban J connectivity index is 2.30. The van der Waals surface area contributed by atoms with Crippen molar-refractivity contribution in [3.05, 3.63) is 29.8 Å². The number of aryl methyl sites for hydroxylation is 1. The fourth-order valence-corrected chi connectivity index (χ4v) is 1.76. The van der Waals surface area contributed by atoms with Crippen molar-refractivity contribution in [3.63, 3.8) is 0 Å². The van der Waals surface area contributed by atoms with E-state index >= 15 is 0 Å². The van der Waals surface area contributed by atoms with E-state index in [1.54, 1.807) is 12.1 Å². The third-order valence-electron chi connectivity index (χ3n) is 2.15. The standard InChI is InChI=1S/C11H13Cl3O/c12-11(13,14)8-4-3-6-9-5-1-2-7-10(9)15/h1-2,5,7,15H,3-4,6,8H2. The van der Waals surface area contributed by atoms with Crippen molar-refractivity contribution in [2.45, 2.75) is 29.5 Å². The van der Waals surface area contributed by atoms with Gasteiger partial charge < -0.3 is 5.11 Å². The molecule has 0 aliphatic carbocycles. The van der Waals surface area contributed by atoms with Gasteiger partial charge >= 0.3 is 0 Å². The van der Waals surface area contributed by atoms with Gasteiger partial charge in [0.25, 0.3) is 0 Å². The van der Waals surface area contributed by atoms with Gasteiger partial charge in [-0.2, -0.15) is 0 Å². The molecule has 4 heteroatoms. The van der Waals surface area contributed by atoms with Crippen LogP contribution in [0.5, 0.6) is 5.75 Å². The average Bonchev–Trinajstić information content (AvgIpc) is 2.13. The van der Waals surface area contributed by atoms with Gasteiger partial charge in [-0.1, -0.05) is 53.0 Å². The van der Waals surface area contributed by atoms with E-state index in [9.17, 15) is 5.11 Å². The summed E-state index contributed by atoms with van der Waals surface area (Å²) in [6, 6.07) is 7.30. The van der Waals surface area contributed by atoms with E-state index in [0.717, 1.165) is 24.8 Å². The minimum atomic E-state index is -1.15. The number of benzene rings is 1. The molecule has 0 atom stereocenters. The molecular formula is C11H13Cl3O. The molecule has 0 amide bonds. The Hall–Kier alpha value is -0.110. The van der Waals surface area contributed by atoms with Crippen molar-refractivity contribution in [2.24, 2.45) is 0 Å². The van der Waals surface area contributed by atoms with Gasteiger partial charge in [0.2, 0.25) is 0 Å². The minimum absolute atomic E-state index is 0.339. The Morgan fingerprint density at radius 3 is 2.33 bits per heavy atom. The van der Waals surface area contributed by atoms with E-state index in [1.165, 1.54) is 0 Å². The number of unbranched alkanes of at least 4 members (excludes halogenated alkanes) is 1. The first kappa shape index (κ1) is 13.0. The fraction of sp³-hybridized carbons (Fsp3) is 0.455. The van der Waals surface area contributed by atoms with Crippen LogP contribution < -0.4 is 0 Å². The van der Waals surface area contributed by atoms with Crippen molar-refractivity contribution in [1.29, 1.82) is 0 Å². The van der Waals surface area contributed by atoms with Gasteiger partial charge in [-0.25, -0.2) is 0 Å². The molecule has 0 unspecified atom stereocenters. The maximum Gasteiger partial charge on any atom is 0.190 e. The van der Waals surface area contributed by atoms with Gasteiger partial charge in [-0.15, -0.1) is 0 Å². The molecule has 0 spiro atoms. The summed E-state index contributed by atoms with van der Waals surface area (Å²) in [5, 5.41) is 9.49. The number of rotatable bonds is 4. The van der Waals surface area contributed by atoms with Crippen LogP contribution in [-0.2, 0) is 6.42 Å². The molecule has 0 bridgehead atoms. The predicted octanol–water partition coefficient (Wildman–Crippen LogP) is 4.48. The third-order valence-corrected chi connectivity index (χ3v) is 2.71. The molecule has 1 aromatic rings. The summed E-state index contributed by atoms with van der Waals surface area (Å²) < 4.78 is -1.15. The number of hydrogen-bond acceptors (Lipinski definition) is 1. The highest BCUT2D eigenvalue weighted by atomic mass is 35.6. The van der Waals surface area contributed by atoms with Crippen LogP contribution in [0.15, 0.2) is 24.3 Å². The van der Waals surface area contributed by atoms with Crippen LogP contribution in [0.3, 0.4) is 0 Å². The molecule has 0 saturated heterocycles. The maximum atomic E-state index is 9.49. The zero-order valence-corrected chi connectivity index (χ0v) is 10.5. The summed E-state index contributed by atoms with van der Waals surface area (Å²) in [5.41, 5.74) is 0.946. The first-order valence-corrected chi connectivity index (χ1v) is 5.96. The summed E-state index contributed by atoms with van der Waals surface area (Å²) >= 11 is 16.9. The lowest BCUT2D eigenvalue weighted by Gasteiger charge is -2.10. The highest BCUT2D eigenvalue weighted by molar-refractivity contribution is 6.67. The van der Waals surface area contributed by atoms with Crippen LogP contribution >= 0.6 is 34.8 Å². The van der Waals surface area contributed by atoms with Gasteiger partial charge in [-0.05, 0) is 37.3 Å². The number of phenolic OH excluding ortho intramolecular Hbond substituents is 1. The summed E-state index contributed by atoms with van der Waals surface area (Å²) in [4.78, 5) is 0. The Labute approximate surface area is 105 Å². The van der Waals surface area contributed by atoms with Crippen LogP contribution in [0.25, 0.3) is 0 Å². The number of aromatic hydroxyl groups is 1. The van der Waals surface area contributed by atoms with E-state index in [2.05, 4.69) is 0 Å². The quantitative estimate of drug-likeness (QED) is 0.630. The zero-order chi connectivity index (χ0) is 11.3. The van der Waals surface area contributed by atoms with Gasteiger partial charge in [0.1, 0.15) is 5.75 Å². The van der Waals surface area contributed by atoms with E-state index in [0.29, 0.717) is 12.2 Å². The number of alkyl halides is 3. The SMILES string of the molecule is Oc1ccccc1CCCCC(Cl)(Cl)Cl. The number of phenols is 1. The van der Waals surface area contributed by atoms with E-state index in [1.807, 2.05) is 12.1 Å². The number of halogens is 3. The molecule has 0 aliphatic rings. The zero-order valence-electron chi connectivity index (χ0n) is 8.22. The van der Waals surface area contributed by atoms with Gasteiger partial charge in [0, 0.05) is 0 Å². The largest absolute Gasteiger partial charge is 0.508 e. The first-order chi connectivity index (χ1) is 6.99. The lowest BCUT2D eigenvalue weighted by molar-refractivity contribution is 0.466. The second kappa shape index (κ2) is 5.83. The van der Waals surface area contributed by atoms with Crippen LogP contribution in [0.4, 0.5) is 0 Å². The Bertz CT molecular complexity index is 307. The molecule has 1 N–H and O–H groups in total. The Morgan fingerprint density at radius 1 is 1.07 bits per heavy atom. The summed E-state index contributed by atoms with van der Waals surface area (Å²) in [5.74, 6) is 0.339. The van der Waals surface area contributed by atoms with Crippen LogP contribution in [-0.4, -0.2) is 8.90 Å². The monoisotopic (exact) mass is 266 g/mol. The van der Waals surface area contributed by atoms with Gasteiger partial charge in [0.15, 0.2) is 3.79 Å². The smallest absolute Gasteiger partial charge is 0.190 e. The maximum absolute atomic E-state index is 9.49. The average molecular weight is 268 g/mol. The van der Waals surface area contributed by atoms with Gasteiger partial charge in [0.05, 0.1) is 0 Å². The second-order valence-corrected chi connectivity index (χ2v) is 5.97. The topological polar surface area (TPSA) is 20.2 Å². The molecule has 0 fully saturated rings. The molecule has 0 saturated carbocycles. The lowest BCUT2D eigenvalue weighted by atomic mass is 10.1. The van der Waals surface area contributed by atoms with Crippen molar-refractivity contribution >= 4 is 34.8 Å². The van der Waals surface area contributed by atoms with Crippen LogP contribution in [0.1, 0.15) is 24.8 Å². The van der Waals surface area contributed by atoms with Crippen LogP contribution in [0.2, 0.25) is 0 Å². The normalized spacial score (nSPS) is 11.7. The van der Waals surface area contributed by atoms with Crippen molar-refractivity contribution in [1.82, 2.24) is 0 Å². The van der Waals surface area contributed by atoms with Crippen LogP contribution in [0, 0.1) is 0 Å². The molecule has 0 aliphatic heterocycles. The molecule has 1 rings (SSSR count). The fourth-order valence-electron chi connectivity index (χ4n) is 1.36. The Kier molecular flexibility index (Phi) is 5.04. The molecule has 84 valence electrons.